The normalized spacial score (nSPS) is 21.5. The minimum absolute atomic E-state index is 0.342. The molecule has 0 saturated carbocycles. The quantitative estimate of drug-likeness (QED) is 0.811. The maximum atomic E-state index is 3.65. The topological polar surface area (TPSA) is 18.5 Å². The maximum absolute atomic E-state index is 3.65. The van der Waals surface area contributed by atoms with Crippen LogP contribution in [0.3, 0.4) is 0 Å². The van der Waals surface area contributed by atoms with Crippen LogP contribution < -0.4 is 5.32 Å². The van der Waals surface area contributed by atoms with Crippen molar-refractivity contribution in [3.05, 3.63) is 0 Å². The number of hydrogen-bond donors (Lipinski definition) is 1. The zero-order chi connectivity index (χ0) is 13.8. The van der Waals surface area contributed by atoms with Crippen LogP contribution in [-0.4, -0.2) is 62.2 Å². The molecule has 1 heterocycles. The predicted octanol–water partition coefficient (Wildman–Crippen LogP) is 2.04. The summed E-state index contributed by atoms with van der Waals surface area (Å²) in [5, 5.41) is 3.65. The number of piperidine rings is 1. The molecule has 0 bridgehead atoms. The second-order valence-corrected chi connectivity index (χ2v) is 6.97. The van der Waals surface area contributed by atoms with Crippen molar-refractivity contribution in [2.75, 3.05) is 40.3 Å². The summed E-state index contributed by atoms with van der Waals surface area (Å²) in [6, 6.07) is 1.38. The average Bonchev–Trinajstić information content (AvgIpc) is 2.28. The Balaban J connectivity index is 2.42. The molecule has 0 aromatic heterocycles. The first kappa shape index (κ1) is 15.9. The third-order valence-electron chi connectivity index (χ3n) is 4.22. The van der Waals surface area contributed by atoms with E-state index in [2.05, 4.69) is 56.9 Å². The molecule has 3 nitrogen and oxygen atoms in total. The molecule has 0 aromatic rings. The monoisotopic (exact) mass is 255 g/mol. The van der Waals surface area contributed by atoms with Gasteiger partial charge in [0.15, 0.2) is 0 Å². The minimum atomic E-state index is 0.342. The molecule has 0 amide bonds. The van der Waals surface area contributed by atoms with Crippen LogP contribution in [0.25, 0.3) is 0 Å². The summed E-state index contributed by atoms with van der Waals surface area (Å²) in [6.45, 7) is 14.0. The molecule has 108 valence electrons. The van der Waals surface area contributed by atoms with Gasteiger partial charge in [0.2, 0.25) is 0 Å². The van der Waals surface area contributed by atoms with Gasteiger partial charge >= 0.3 is 0 Å². The summed E-state index contributed by atoms with van der Waals surface area (Å²) >= 11 is 0. The van der Waals surface area contributed by atoms with Crippen LogP contribution in [0.4, 0.5) is 0 Å². The molecule has 1 rings (SSSR count). The molecule has 1 saturated heterocycles. The molecule has 0 spiro atoms. The van der Waals surface area contributed by atoms with Gasteiger partial charge in [-0.25, -0.2) is 0 Å². The van der Waals surface area contributed by atoms with Crippen LogP contribution in [0.15, 0.2) is 0 Å². The van der Waals surface area contributed by atoms with Crippen molar-refractivity contribution < 1.29 is 0 Å². The predicted molar refractivity (Wildman–Crippen MR) is 80.1 cm³/mol. The number of nitrogens with zero attached hydrogens (tertiary/aromatic N) is 2. The summed E-state index contributed by atoms with van der Waals surface area (Å²) in [5.41, 5.74) is 0.342. The molecule has 1 aliphatic rings. The zero-order valence-corrected chi connectivity index (χ0v) is 13.3. The lowest BCUT2D eigenvalue weighted by Crippen LogP contribution is -2.51. The third-order valence-corrected chi connectivity index (χ3v) is 4.22. The Labute approximate surface area is 114 Å². The van der Waals surface area contributed by atoms with Crippen LogP contribution in [-0.2, 0) is 0 Å². The lowest BCUT2D eigenvalue weighted by molar-refractivity contribution is 0.113. The standard InChI is InChI=1S/C15H33N3/c1-7-16-14(15(2,3)4)12-18-10-8-13(9-11-18)17(5)6/h13-14,16H,7-12H2,1-6H3. The van der Waals surface area contributed by atoms with E-state index in [-0.39, 0.29) is 0 Å². The highest BCUT2D eigenvalue weighted by atomic mass is 15.2. The van der Waals surface area contributed by atoms with Crippen LogP contribution in [0.1, 0.15) is 40.5 Å². The van der Waals surface area contributed by atoms with E-state index < -0.39 is 0 Å². The van der Waals surface area contributed by atoms with Gasteiger partial charge in [-0.2, -0.15) is 0 Å². The second kappa shape index (κ2) is 6.88. The molecule has 1 unspecified atom stereocenters. The summed E-state index contributed by atoms with van der Waals surface area (Å²) in [4.78, 5) is 5.02. The van der Waals surface area contributed by atoms with Gasteiger partial charge in [-0.05, 0) is 52.0 Å². The van der Waals surface area contributed by atoms with Gasteiger partial charge < -0.3 is 15.1 Å². The fourth-order valence-electron chi connectivity index (χ4n) is 2.77. The van der Waals surface area contributed by atoms with Crippen molar-refractivity contribution >= 4 is 0 Å². The summed E-state index contributed by atoms with van der Waals surface area (Å²) < 4.78 is 0. The van der Waals surface area contributed by atoms with Crippen molar-refractivity contribution in [3.63, 3.8) is 0 Å². The summed E-state index contributed by atoms with van der Waals surface area (Å²) in [7, 11) is 4.41. The van der Waals surface area contributed by atoms with Gasteiger partial charge in [-0.3, -0.25) is 0 Å². The highest BCUT2D eigenvalue weighted by molar-refractivity contribution is 4.86. The van der Waals surface area contributed by atoms with Gasteiger partial charge in [0.05, 0.1) is 0 Å². The lowest BCUT2D eigenvalue weighted by atomic mass is 9.86. The Kier molecular flexibility index (Phi) is 6.09. The Hall–Kier alpha value is -0.120. The van der Waals surface area contributed by atoms with E-state index in [4.69, 9.17) is 0 Å². The second-order valence-electron chi connectivity index (χ2n) is 6.97. The van der Waals surface area contributed by atoms with Gasteiger partial charge in [0.25, 0.3) is 0 Å². The number of likely N-dealkylation sites (tertiary alicyclic amines) is 1. The first-order chi connectivity index (χ1) is 8.34. The largest absolute Gasteiger partial charge is 0.312 e. The van der Waals surface area contributed by atoms with Crippen molar-refractivity contribution in [3.8, 4) is 0 Å². The summed E-state index contributed by atoms with van der Waals surface area (Å²) in [6.07, 6.45) is 2.63. The van der Waals surface area contributed by atoms with Crippen molar-refractivity contribution in [1.29, 1.82) is 0 Å². The van der Waals surface area contributed by atoms with E-state index in [1.54, 1.807) is 0 Å². The van der Waals surface area contributed by atoms with E-state index in [0.717, 1.165) is 12.6 Å². The fraction of sp³-hybridized carbons (Fsp3) is 1.00. The van der Waals surface area contributed by atoms with Gasteiger partial charge in [0, 0.05) is 18.6 Å². The van der Waals surface area contributed by atoms with E-state index in [1.165, 1.54) is 32.5 Å². The Morgan fingerprint density at radius 2 is 1.78 bits per heavy atom. The van der Waals surface area contributed by atoms with Crippen LogP contribution in [0.2, 0.25) is 0 Å². The van der Waals surface area contributed by atoms with E-state index in [9.17, 15) is 0 Å². The van der Waals surface area contributed by atoms with Crippen LogP contribution in [0.5, 0.6) is 0 Å². The Morgan fingerprint density at radius 1 is 1.22 bits per heavy atom. The average molecular weight is 255 g/mol. The fourth-order valence-corrected chi connectivity index (χ4v) is 2.77. The number of likely N-dealkylation sites (N-methyl/N-ethyl adjacent to an activating group) is 1. The SMILES string of the molecule is CCNC(CN1CCC(N(C)C)CC1)C(C)(C)C. The van der Waals surface area contributed by atoms with Crippen LogP contribution in [0, 0.1) is 5.41 Å². The zero-order valence-electron chi connectivity index (χ0n) is 13.3. The van der Waals surface area contributed by atoms with Gasteiger partial charge in [0.1, 0.15) is 0 Å². The molecule has 3 heteroatoms. The summed E-state index contributed by atoms with van der Waals surface area (Å²) in [5.74, 6) is 0. The molecular formula is C15H33N3. The number of hydrogen-bond acceptors (Lipinski definition) is 3. The maximum Gasteiger partial charge on any atom is 0.0243 e. The molecular weight excluding hydrogens is 222 g/mol. The number of rotatable bonds is 5. The first-order valence-corrected chi connectivity index (χ1v) is 7.46. The first-order valence-electron chi connectivity index (χ1n) is 7.46. The lowest BCUT2D eigenvalue weighted by Gasteiger charge is -2.40. The van der Waals surface area contributed by atoms with Crippen molar-refractivity contribution in [2.24, 2.45) is 5.41 Å². The molecule has 0 radical (unpaired) electrons. The van der Waals surface area contributed by atoms with Crippen molar-refractivity contribution in [2.45, 2.75) is 52.6 Å². The van der Waals surface area contributed by atoms with E-state index in [0.29, 0.717) is 11.5 Å². The molecule has 1 aliphatic heterocycles. The molecule has 18 heavy (non-hydrogen) atoms. The van der Waals surface area contributed by atoms with Crippen LogP contribution >= 0.6 is 0 Å². The highest BCUT2D eigenvalue weighted by Crippen LogP contribution is 2.22. The Morgan fingerprint density at radius 3 is 2.17 bits per heavy atom. The van der Waals surface area contributed by atoms with Gasteiger partial charge in [-0.1, -0.05) is 27.7 Å². The van der Waals surface area contributed by atoms with E-state index in [1.807, 2.05) is 0 Å². The van der Waals surface area contributed by atoms with E-state index >= 15 is 0 Å². The molecule has 0 aromatic carbocycles. The molecule has 1 fully saturated rings. The third kappa shape index (κ3) is 4.87. The molecule has 0 aliphatic carbocycles. The number of nitrogens with one attached hydrogen (secondary N) is 1. The minimum Gasteiger partial charge on any atom is -0.312 e. The molecule has 1 atom stereocenters. The van der Waals surface area contributed by atoms with Gasteiger partial charge in [-0.15, -0.1) is 0 Å². The Bertz CT molecular complexity index is 224. The highest BCUT2D eigenvalue weighted by Gasteiger charge is 2.28. The van der Waals surface area contributed by atoms with Crippen molar-refractivity contribution in [1.82, 2.24) is 15.1 Å². The smallest absolute Gasteiger partial charge is 0.0243 e. The molecule has 1 N–H and O–H groups in total.